The van der Waals surface area contributed by atoms with Gasteiger partial charge in [0.2, 0.25) is 0 Å². The molecule has 2 aliphatic heterocycles. The molecule has 180 valence electrons. The summed E-state index contributed by atoms with van der Waals surface area (Å²) in [6.07, 6.45) is 8.37. The van der Waals surface area contributed by atoms with Crippen LogP contribution in [0, 0.1) is 6.92 Å². The molecule has 1 aromatic heterocycles. The fourth-order valence-corrected chi connectivity index (χ4v) is 4.67. The lowest BCUT2D eigenvalue weighted by Gasteiger charge is -2.47. The molecule has 6 atom stereocenters. The molecule has 0 spiro atoms. The van der Waals surface area contributed by atoms with Crippen molar-refractivity contribution >= 4 is 12.0 Å². The average molecular weight is 461 g/mol. The predicted molar refractivity (Wildman–Crippen MR) is 122 cm³/mol. The van der Waals surface area contributed by atoms with Crippen LogP contribution in [0.3, 0.4) is 0 Å². The van der Waals surface area contributed by atoms with E-state index in [9.17, 15) is 14.7 Å². The van der Waals surface area contributed by atoms with Gasteiger partial charge in [-0.3, -0.25) is 4.79 Å². The van der Waals surface area contributed by atoms with Gasteiger partial charge in [-0.1, -0.05) is 37.3 Å². The number of carbonyl (C=O) groups excluding carboxylic acids is 1. The molecule has 2 fully saturated rings. The third kappa shape index (κ3) is 4.69. The van der Waals surface area contributed by atoms with Gasteiger partial charge in [0.15, 0.2) is 6.10 Å². The van der Waals surface area contributed by atoms with Gasteiger partial charge in [0, 0.05) is 12.5 Å². The van der Waals surface area contributed by atoms with Crippen LogP contribution in [0.15, 0.2) is 45.7 Å². The molecule has 1 N–H and O–H groups in total. The summed E-state index contributed by atoms with van der Waals surface area (Å²) < 4.78 is 28.3. The molecule has 2 saturated heterocycles. The zero-order valence-corrected chi connectivity index (χ0v) is 19.9. The Labute approximate surface area is 193 Å². The number of hydrogen-bond donors (Lipinski definition) is 1. The molecule has 3 rings (SSSR count). The molecule has 8 nitrogen and oxygen atoms in total. The van der Waals surface area contributed by atoms with Crippen LogP contribution in [0.5, 0.6) is 5.75 Å². The Balaban J connectivity index is 1.73. The number of rotatable bonds is 7. The normalized spacial score (nSPS) is 33.9. The predicted octanol–water partition coefficient (Wildman–Crippen LogP) is 3.10. The van der Waals surface area contributed by atoms with E-state index < -0.39 is 41.1 Å². The minimum absolute atomic E-state index is 0.320. The summed E-state index contributed by atoms with van der Waals surface area (Å²) in [6.45, 7) is 8.71. The van der Waals surface area contributed by atoms with E-state index in [4.69, 9.17) is 23.4 Å². The number of fused-ring (bicyclic) bond motifs is 2. The van der Waals surface area contributed by atoms with Crippen molar-refractivity contribution in [3.05, 3.63) is 58.2 Å². The second kappa shape index (κ2) is 9.67. The summed E-state index contributed by atoms with van der Waals surface area (Å²) in [5, 5.41) is 11.0. The van der Waals surface area contributed by atoms with Crippen LogP contribution in [0.2, 0.25) is 0 Å². The Hall–Kier alpha value is -2.68. The van der Waals surface area contributed by atoms with Gasteiger partial charge < -0.3 is 28.5 Å². The maximum Gasteiger partial charge on any atom is 0.339 e. The van der Waals surface area contributed by atoms with E-state index in [0.29, 0.717) is 17.9 Å². The van der Waals surface area contributed by atoms with E-state index >= 15 is 0 Å². The van der Waals surface area contributed by atoms with Crippen LogP contribution in [-0.4, -0.2) is 53.8 Å². The van der Waals surface area contributed by atoms with Crippen LogP contribution in [-0.2, 0) is 19.0 Å². The number of aliphatic hydroxyl groups excluding tert-OH is 1. The largest absolute Gasteiger partial charge is 0.496 e. The Kier molecular flexibility index (Phi) is 7.31. The number of hydrogen-bond acceptors (Lipinski definition) is 8. The molecule has 2 bridgehead atoms. The van der Waals surface area contributed by atoms with E-state index in [1.165, 1.54) is 20.1 Å². The Morgan fingerprint density at radius 2 is 1.88 bits per heavy atom. The molecule has 0 saturated carbocycles. The van der Waals surface area contributed by atoms with Crippen molar-refractivity contribution in [2.24, 2.45) is 0 Å². The quantitative estimate of drug-likeness (QED) is 0.489. The average Bonchev–Trinajstić information content (AvgIpc) is 2.93. The minimum atomic E-state index is -1.08. The number of carbonyl (C=O) groups is 1. The summed E-state index contributed by atoms with van der Waals surface area (Å²) in [7, 11) is 1.50. The molecule has 0 radical (unpaired) electrons. The summed E-state index contributed by atoms with van der Waals surface area (Å²) in [4.78, 5) is 23.3. The van der Waals surface area contributed by atoms with Crippen LogP contribution in [0.4, 0.5) is 0 Å². The first kappa shape index (κ1) is 25.0. The van der Waals surface area contributed by atoms with Gasteiger partial charge in [0.1, 0.15) is 34.9 Å². The molecular weight excluding hydrogens is 428 g/mol. The van der Waals surface area contributed by atoms with Crippen molar-refractivity contribution in [1.82, 2.24) is 0 Å². The van der Waals surface area contributed by atoms with E-state index in [2.05, 4.69) is 0 Å². The summed E-state index contributed by atoms with van der Waals surface area (Å²) in [5.41, 5.74) is -1.73. The van der Waals surface area contributed by atoms with Crippen molar-refractivity contribution in [3.63, 3.8) is 0 Å². The molecule has 3 unspecified atom stereocenters. The summed E-state index contributed by atoms with van der Waals surface area (Å²) >= 11 is 0. The second-order valence-electron chi connectivity index (χ2n) is 8.65. The number of allylic oxidation sites excluding steroid dienone is 4. The van der Waals surface area contributed by atoms with E-state index in [-0.39, 0.29) is 6.10 Å². The molecule has 0 aromatic carbocycles. The number of esters is 1. The highest BCUT2D eigenvalue weighted by molar-refractivity contribution is 5.66. The molecule has 3 heterocycles. The SMILES string of the molecule is CC[C@H]1OC2(C)C(OC(C)=O)[C@@]1(C)OC(C=CC=CC=Cc1oc(=O)cc(OC)c1C)[C@@H]2O. The number of methoxy groups -OCH3 is 1. The van der Waals surface area contributed by atoms with Gasteiger partial charge in [0.05, 0.1) is 19.3 Å². The monoisotopic (exact) mass is 460 g/mol. The fourth-order valence-electron chi connectivity index (χ4n) is 4.67. The highest BCUT2D eigenvalue weighted by Crippen LogP contribution is 2.51. The Morgan fingerprint density at radius 1 is 1.18 bits per heavy atom. The summed E-state index contributed by atoms with van der Waals surface area (Å²) in [6, 6.07) is 1.30. The van der Waals surface area contributed by atoms with Crippen molar-refractivity contribution in [1.29, 1.82) is 0 Å². The topological polar surface area (TPSA) is 104 Å². The zero-order chi connectivity index (χ0) is 24.4. The van der Waals surface area contributed by atoms with Gasteiger partial charge in [0.25, 0.3) is 0 Å². The van der Waals surface area contributed by atoms with Gasteiger partial charge in [-0.25, -0.2) is 4.79 Å². The standard InChI is InChI=1S/C25H32O8/c1-7-20-24(4)23(30-16(3)26)25(5,33-20)22(28)18(32-24)13-11-9-8-10-12-17-15(2)19(29-6)14-21(27)31-17/h8-14,18,20,22-23,28H,7H2,1-6H3/t18?,20-,22+,23?,24+,25?/m1/s1. The minimum Gasteiger partial charge on any atom is -0.496 e. The Morgan fingerprint density at radius 3 is 2.52 bits per heavy atom. The molecule has 8 heteroatoms. The smallest absolute Gasteiger partial charge is 0.339 e. The maximum absolute atomic E-state index is 11.7. The van der Waals surface area contributed by atoms with Crippen molar-refractivity contribution in [2.75, 3.05) is 7.11 Å². The van der Waals surface area contributed by atoms with Gasteiger partial charge in [-0.15, -0.1) is 0 Å². The van der Waals surface area contributed by atoms with Crippen molar-refractivity contribution < 1.29 is 33.3 Å². The molecule has 2 aliphatic rings. The van der Waals surface area contributed by atoms with E-state index in [1.807, 2.05) is 13.8 Å². The number of ether oxygens (including phenoxy) is 4. The zero-order valence-electron chi connectivity index (χ0n) is 19.9. The second-order valence-corrected chi connectivity index (χ2v) is 8.65. The first-order valence-electron chi connectivity index (χ1n) is 11.0. The lowest BCUT2D eigenvalue weighted by molar-refractivity contribution is -0.235. The van der Waals surface area contributed by atoms with Crippen LogP contribution in [0.25, 0.3) is 6.08 Å². The van der Waals surface area contributed by atoms with Crippen LogP contribution in [0.1, 0.15) is 45.4 Å². The Bertz CT molecular complexity index is 1020. The highest BCUT2D eigenvalue weighted by Gasteiger charge is 2.69. The lowest BCUT2D eigenvalue weighted by Crippen LogP contribution is -2.65. The molecule has 0 aliphatic carbocycles. The molecule has 1 aromatic rings. The molecule has 33 heavy (non-hydrogen) atoms. The maximum atomic E-state index is 11.7. The van der Waals surface area contributed by atoms with Gasteiger partial charge >= 0.3 is 11.6 Å². The summed E-state index contributed by atoms with van der Waals surface area (Å²) in [5.74, 6) is 0.435. The molecular formula is C25H32O8. The molecule has 0 amide bonds. The van der Waals surface area contributed by atoms with Crippen molar-refractivity contribution in [2.45, 2.75) is 76.7 Å². The van der Waals surface area contributed by atoms with Gasteiger partial charge in [-0.2, -0.15) is 0 Å². The van der Waals surface area contributed by atoms with Crippen molar-refractivity contribution in [3.8, 4) is 5.75 Å². The first-order valence-corrected chi connectivity index (χ1v) is 11.0. The van der Waals surface area contributed by atoms with E-state index in [0.717, 1.165) is 5.56 Å². The van der Waals surface area contributed by atoms with E-state index in [1.54, 1.807) is 50.3 Å². The third-order valence-electron chi connectivity index (χ3n) is 6.32. The van der Waals surface area contributed by atoms with Crippen LogP contribution < -0.4 is 10.4 Å². The first-order chi connectivity index (χ1) is 15.6. The lowest BCUT2D eigenvalue weighted by atomic mass is 9.77. The third-order valence-corrected chi connectivity index (χ3v) is 6.32. The van der Waals surface area contributed by atoms with Gasteiger partial charge in [-0.05, 0) is 33.3 Å². The fraction of sp³-hybridized carbons (Fsp3) is 0.520. The highest BCUT2D eigenvalue weighted by atomic mass is 16.7. The van der Waals surface area contributed by atoms with Crippen LogP contribution >= 0.6 is 0 Å². The number of aliphatic hydroxyl groups is 1.